The first kappa shape index (κ1) is 10.4. The van der Waals surface area contributed by atoms with Crippen molar-refractivity contribution in [3.63, 3.8) is 0 Å². The molecule has 0 aliphatic rings. The van der Waals surface area contributed by atoms with Gasteiger partial charge >= 0.3 is 6.61 Å². The molecule has 1 aromatic heterocycles. The Labute approximate surface area is 78.1 Å². The molecule has 76 valence electrons. The number of aliphatic carboxylic acids is 1. The fraction of sp³-hybridized carbons (Fsp3) is 0.250. The van der Waals surface area contributed by atoms with Crippen molar-refractivity contribution in [1.29, 1.82) is 0 Å². The Kier molecular flexibility index (Phi) is 3.33. The van der Waals surface area contributed by atoms with E-state index in [1.165, 1.54) is 18.3 Å². The summed E-state index contributed by atoms with van der Waals surface area (Å²) in [4.78, 5) is 13.8. The molecule has 0 radical (unpaired) electrons. The molecule has 0 bridgehead atoms. The van der Waals surface area contributed by atoms with Crippen LogP contribution in [0.25, 0.3) is 0 Å². The first-order valence-corrected chi connectivity index (χ1v) is 3.68. The summed E-state index contributed by atoms with van der Waals surface area (Å²) in [6.45, 7) is -3.00. The van der Waals surface area contributed by atoms with E-state index in [4.69, 9.17) is 0 Å². The van der Waals surface area contributed by atoms with Crippen molar-refractivity contribution in [2.45, 2.75) is 13.0 Å². The highest BCUT2D eigenvalue weighted by molar-refractivity contribution is 5.68. The smallest absolute Gasteiger partial charge is 0.387 e. The number of rotatable bonds is 4. The average Bonchev–Trinajstić information content (AvgIpc) is 2.06. The van der Waals surface area contributed by atoms with Gasteiger partial charge in [-0.15, -0.1) is 0 Å². The van der Waals surface area contributed by atoms with Gasteiger partial charge in [0.05, 0.1) is 5.69 Å². The third-order valence-electron chi connectivity index (χ3n) is 1.38. The van der Waals surface area contributed by atoms with Crippen molar-refractivity contribution in [2.24, 2.45) is 0 Å². The summed E-state index contributed by atoms with van der Waals surface area (Å²) < 4.78 is 27.7. The van der Waals surface area contributed by atoms with E-state index >= 15 is 0 Å². The number of ether oxygens (including phenoxy) is 1. The Morgan fingerprint density at radius 2 is 2.36 bits per heavy atom. The molecule has 0 aromatic carbocycles. The van der Waals surface area contributed by atoms with E-state index in [1.54, 1.807) is 0 Å². The summed E-state index contributed by atoms with van der Waals surface area (Å²) in [6.07, 6.45) is 0.736. The molecule has 1 rings (SSSR count). The molecule has 0 atom stereocenters. The second kappa shape index (κ2) is 4.50. The molecule has 0 unspecified atom stereocenters. The van der Waals surface area contributed by atoms with Gasteiger partial charge in [0, 0.05) is 18.6 Å². The average molecular weight is 202 g/mol. The maximum Gasteiger partial charge on any atom is 0.387 e. The molecular formula is C8H6F2NO3-. The Morgan fingerprint density at radius 1 is 1.64 bits per heavy atom. The van der Waals surface area contributed by atoms with E-state index in [0.717, 1.165) is 0 Å². The number of pyridine rings is 1. The van der Waals surface area contributed by atoms with Crippen molar-refractivity contribution >= 4 is 5.97 Å². The molecule has 0 spiro atoms. The van der Waals surface area contributed by atoms with Crippen LogP contribution in [0.1, 0.15) is 5.69 Å². The van der Waals surface area contributed by atoms with Crippen LogP contribution < -0.4 is 9.84 Å². The lowest BCUT2D eigenvalue weighted by molar-refractivity contribution is -0.304. The quantitative estimate of drug-likeness (QED) is 0.688. The van der Waals surface area contributed by atoms with Gasteiger partial charge in [-0.2, -0.15) is 8.78 Å². The largest absolute Gasteiger partial charge is 0.550 e. The molecular weight excluding hydrogens is 196 g/mol. The zero-order chi connectivity index (χ0) is 10.6. The van der Waals surface area contributed by atoms with Crippen LogP contribution in [0.3, 0.4) is 0 Å². The van der Waals surface area contributed by atoms with Gasteiger partial charge in [-0.1, -0.05) is 0 Å². The third-order valence-corrected chi connectivity index (χ3v) is 1.38. The van der Waals surface area contributed by atoms with Crippen LogP contribution in [-0.4, -0.2) is 17.6 Å². The zero-order valence-corrected chi connectivity index (χ0v) is 6.94. The van der Waals surface area contributed by atoms with E-state index < -0.39 is 19.0 Å². The Bertz CT molecular complexity index is 330. The zero-order valence-electron chi connectivity index (χ0n) is 6.94. The second-order valence-corrected chi connectivity index (χ2v) is 2.38. The summed E-state index contributed by atoms with van der Waals surface area (Å²) in [7, 11) is 0. The highest BCUT2D eigenvalue weighted by atomic mass is 19.3. The number of carboxylic acids is 1. The monoisotopic (exact) mass is 202 g/mol. The lowest BCUT2D eigenvalue weighted by Gasteiger charge is -2.09. The predicted octanol–water partition coefficient (Wildman–Crippen LogP) is -0.0246. The van der Waals surface area contributed by atoms with Gasteiger partial charge < -0.3 is 14.6 Å². The van der Waals surface area contributed by atoms with Gasteiger partial charge in [0.1, 0.15) is 5.75 Å². The highest BCUT2D eigenvalue weighted by Gasteiger charge is 2.09. The fourth-order valence-electron chi connectivity index (χ4n) is 0.896. The maximum atomic E-state index is 11.8. The standard InChI is InChI=1S/C8H7F2NO3/c9-8(10)14-6-2-1-3-11-5(6)4-7(12)13/h1-3,8H,4H2,(H,12,13)/p-1. The van der Waals surface area contributed by atoms with Gasteiger partial charge in [-0.25, -0.2) is 0 Å². The number of halogens is 2. The third kappa shape index (κ3) is 2.96. The molecule has 0 amide bonds. The minimum absolute atomic E-state index is 0.0761. The molecule has 6 heteroatoms. The Hall–Kier alpha value is -1.72. The molecule has 1 aromatic rings. The van der Waals surface area contributed by atoms with Crippen LogP contribution >= 0.6 is 0 Å². The summed E-state index contributed by atoms with van der Waals surface area (Å²) in [5.41, 5.74) is -0.0761. The number of hydrogen-bond acceptors (Lipinski definition) is 4. The van der Waals surface area contributed by atoms with Crippen LogP contribution in [0, 0.1) is 0 Å². The fourth-order valence-corrected chi connectivity index (χ4v) is 0.896. The number of alkyl halides is 2. The normalized spacial score (nSPS) is 10.2. The number of carbonyl (C=O) groups is 1. The number of carbonyl (C=O) groups excluding carboxylic acids is 1. The van der Waals surface area contributed by atoms with Crippen LogP contribution in [-0.2, 0) is 11.2 Å². The minimum Gasteiger partial charge on any atom is -0.550 e. The van der Waals surface area contributed by atoms with Gasteiger partial charge in [0.15, 0.2) is 0 Å². The lowest BCUT2D eigenvalue weighted by atomic mass is 10.2. The van der Waals surface area contributed by atoms with Crippen molar-refractivity contribution in [1.82, 2.24) is 4.98 Å². The molecule has 0 aliphatic heterocycles. The Balaban J connectivity index is 2.85. The van der Waals surface area contributed by atoms with Gasteiger partial charge in [-0.3, -0.25) is 4.98 Å². The van der Waals surface area contributed by atoms with Crippen molar-refractivity contribution < 1.29 is 23.4 Å². The van der Waals surface area contributed by atoms with Gasteiger partial charge in [-0.05, 0) is 12.1 Å². The number of carboxylic acid groups (broad SMARTS) is 1. The van der Waals surface area contributed by atoms with E-state index in [1.807, 2.05) is 0 Å². The summed E-state index contributed by atoms with van der Waals surface area (Å²) in [5, 5.41) is 10.2. The first-order chi connectivity index (χ1) is 6.59. The summed E-state index contributed by atoms with van der Waals surface area (Å²) >= 11 is 0. The van der Waals surface area contributed by atoms with E-state index in [9.17, 15) is 18.7 Å². The summed E-state index contributed by atoms with van der Waals surface area (Å²) in [5.74, 6) is -1.64. The number of aromatic nitrogens is 1. The number of hydrogen-bond donors (Lipinski definition) is 0. The predicted molar refractivity (Wildman–Crippen MR) is 39.6 cm³/mol. The second-order valence-electron chi connectivity index (χ2n) is 2.38. The lowest BCUT2D eigenvalue weighted by Crippen LogP contribution is -2.25. The number of nitrogens with zero attached hydrogens (tertiary/aromatic N) is 1. The van der Waals surface area contributed by atoms with Crippen molar-refractivity contribution in [3.05, 3.63) is 24.0 Å². The maximum absolute atomic E-state index is 11.8. The van der Waals surface area contributed by atoms with Gasteiger partial charge in [0.2, 0.25) is 0 Å². The van der Waals surface area contributed by atoms with Crippen LogP contribution in [0.15, 0.2) is 18.3 Å². The van der Waals surface area contributed by atoms with Crippen LogP contribution in [0.5, 0.6) is 5.75 Å². The first-order valence-electron chi connectivity index (χ1n) is 3.68. The SMILES string of the molecule is O=C([O-])Cc1ncccc1OC(F)F. The molecule has 0 fully saturated rings. The van der Waals surface area contributed by atoms with Crippen molar-refractivity contribution in [2.75, 3.05) is 0 Å². The molecule has 0 saturated carbocycles. The van der Waals surface area contributed by atoms with Crippen LogP contribution in [0.2, 0.25) is 0 Å². The molecule has 0 saturated heterocycles. The minimum atomic E-state index is -3.00. The van der Waals surface area contributed by atoms with E-state index in [0.29, 0.717) is 0 Å². The van der Waals surface area contributed by atoms with E-state index in [2.05, 4.69) is 9.72 Å². The molecule has 0 aliphatic carbocycles. The van der Waals surface area contributed by atoms with Gasteiger partial charge in [0.25, 0.3) is 0 Å². The molecule has 14 heavy (non-hydrogen) atoms. The van der Waals surface area contributed by atoms with E-state index in [-0.39, 0.29) is 11.4 Å². The topological polar surface area (TPSA) is 62.2 Å². The summed E-state index contributed by atoms with van der Waals surface area (Å²) in [6, 6.07) is 2.59. The highest BCUT2D eigenvalue weighted by Crippen LogP contribution is 2.17. The van der Waals surface area contributed by atoms with Crippen LogP contribution in [0.4, 0.5) is 8.78 Å². The molecule has 0 N–H and O–H groups in total. The Morgan fingerprint density at radius 3 is 2.93 bits per heavy atom. The molecule has 1 heterocycles. The molecule has 4 nitrogen and oxygen atoms in total. The van der Waals surface area contributed by atoms with Crippen molar-refractivity contribution in [3.8, 4) is 5.75 Å².